The first-order valence-corrected chi connectivity index (χ1v) is 11.4. The van der Waals surface area contributed by atoms with Crippen LogP contribution in [0.5, 0.6) is 11.5 Å². The Morgan fingerprint density at radius 1 is 1.00 bits per heavy atom. The topological polar surface area (TPSA) is 93.6 Å². The lowest BCUT2D eigenvalue weighted by molar-refractivity contribution is -0.137. The highest BCUT2D eigenvalue weighted by molar-refractivity contribution is 5.80. The molecule has 2 heterocycles. The zero-order chi connectivity index (χ0) is 25.4. The molecule has 0 aliphatic carbocycles. The van der Waals surface area contributed by atoms with E-state index in [2.05, 4.69) is 0 Å². The van der Waals surface area contributed by atoms with Gasteiger partial charge < -0.3 is 15.6 Å². The number of nitrogens with zero attached hydrogens (tertiary/aromatic N) is 3. The van der Waals surface area contributed by atoms with Crippen molar-refractivity contribution in [3.63, 3.8) is 0 Å². The third-order valence-corrected chi connectivity index (χ3v) is 6.28. The van der Waals surface area contributed by atoms with Crippen LogP contribution in [-0.4, -0.2) is 37.7 Å². The molecule has 2 atom stereocenters. The van der Waals surface area contributed by atoms with Gasteiger partial charge in [-0.25, -0.2) is 4.98 Å². The second-order valence-electron chi connectivity index (χ2n) is 8.62. The Morgan fingerprint density at radius 3 is 2.28 bits per heavy atom. The Balaban J connectivity index is 1.43. The average molecular weight is 496 g/mol. The Bertz CT molecular complexity index is 1380. The highest BCUT2D eigenvalue weighted by Crippen LogP contribution is 2.32. The van der Waals surface area contributed by atoms with Crippen molar-refractivity contribution in [3.8, 4) is 17.2 Å². The van der Waals surface area contributed by atoms with E-state index in [1.807, 2.05) is 41.0 Å². The molecule has 0 bridgehead atoms. The molecule has 5 rings (SSSR count). The molecule has 1 fully saturated rings. The number of aliphatic hydroxyl groups excluding tert-OH is 1. The van der Waals surface area contributed by atoms with Gasteiger partial charge in [0, 0.05) is 5.69 Å². The number of alkyl halides is 3. The zero-order valence-electron chi connectivity index (χ0n) is 19.0. The maximum Gasteiger partial charge on any atom is 0.416 e. The molecular weight excluding hydrogens is 473 g/mol. The number of hydrogen-bond acceptors (Lipinski definition) is 5. The third kappa shape index (κ3) is 4.65. The number of nitrogens with two attached hydrogens (primary N) is 1. The fourth-order valence-corrected chi connectivity index (χ4v) is 4.51. The Hall–Kier alpha value is -3.89. The number of primary amides is 1. The SMILES string of the molecule is NC(=O)C1CCC(O)N1Cc1nc2ccccc2n1-c1ccc(Oc2ccc(C(F)(F)F)cc2)cc1. The van der Waals surface area contributed by atoms with Crippen LogP contribution in [0.1, 0.15) is 24.2 Å². The van der Waals surface area contributed by atoms with Gasteiger partial charge in [0.2, 0.25) is 5.91 Å². The molecule has 0 spiro atoms. The number of imidazole rings is 1. The zero-order valence-corrected chi connectivity index (χ0v) is 19.0. The fourth-order valence-electron chi connectivity index (χ4n) is 4.51. The van der Waals surface area contributed by atoms with E-state index in [4.69, 9.17) is 15.5 Å². The summed E-state index contributed by atoms with van der Waals surface area (Å²) in [5, 5.41) is 10.4. The molecule has 7 nitrogen and oxygen atoms in total. The van der Waals surface area contributed by atoms with Gasteiger partial charge >= 0.3 is 6.18 Å². The van der Waals surface area contributed by atoms with Gasteiger partial charge in [-0.2, -0.15) is 13.2 Å². The molecule has 1 saturated heterocycles. The minimum Gasteiger partial charge on any atom is -0.457 e. The standard InChI is InChI=1S/C26H23F3N4O3/c27-26(28,29)16-5-9-18(10-6-16)36-19-11-7-17(8-12-19)33-21-4-2-1-3-20(21)31-23(33)15-32-22(25(30)35)13-14-24(32)34/h1-12,22,24,34H,13-15H2,(H2,30,35). The van der Waals surface area contributed by atoms with Crippen molar-refractivity contribution >= 4 is 16.9 Å². The lowest BCUT2D eigenvalue weighted by Gasteiger charge is -2.25. The van der Waals surface area contributed by atoms with E-state index in [0.29, 0.717) is 24.4 Å². The Morgan fingerprint density at radius 2 is 1.64 bits per heavy atom. The fraction of sp³-hybridized carbons (Fsp3) is 0.231. The summed E-state index contributed by atoms with van der Waals surface area (Å²) in [5.74, 6) is 0.872. The highest BCUT2D eigenvalue weighted by Gasteiger charge is 2.36. The first-order valence-electron chi connectivity index (χ1n) is 11.4. The molecular formula is C26H23F3N4O3. The van der Waals surface area contributed by atoms with Gasteiger partial charge in [0.15, 0.2) is 0 Å². The number of aliphatic hydroxyl groups is 1. The largest absolute Gasteiger partial charge is 0.457 e. The summed E-state index contributed by atoms with van der Waals surface area (Å²) in [7, 11) is 0. The number of carbonyl (C=O) groups is 1. The van der Waals surface area contributed by atoms with Gasteiger partial charge in [-0.1, -0.05) is 12.1 Å². The van der Waals surface area contributed by atoms with Crippen LogP contribution in [-0.2, 0) is 17.5 Å². The number of likely N-dealkylation sites (tertiary alicyclic amines) is 1. The Labute approximate surface area is 204 Å². The average Bonchev–Trinajstić information content (AvgIpc) is 3.40. The molecule has 1 amide bonds. The van der Waals surface area contributed by atoms with E-state index >= 15 is 0 Å². The number of ether oxygens (including phenoxy) is 1. The summed E-state index contributed by atoms with van der Waals surface area (Å²) < 4.78 is 46.0. The minimum atomic E-state index is -4.41. The van der Waals surface area contributed by atoms with Crippen LogP contribution >= 0.6 is 0 Å². The number of aromatic nitrogens is 2. The summed E-state index contributed by atoms with van der Waals surface area (Å²) in [5.41, 5.74) is 7.16. The quantitative estimate of drug-likeness (QED) is 0.407. The molecule has 1 aromatic heterocycles. The molecule has 2 unspecified atom stereocenters. The van der Waals surface area contributed by atoms with Crippen molar-refractivity contribution in [1.29, 1.82) is 0 Å². The number of halogens is 3. The van der Waals surface area contributed by atoms with Gasteiger partial charge in [0.25, 0.3) is 0 Å². The van der Waals surface area contributed by atoms with E-state index in [1.165, 1.54) is 12.1 Å². The molecule has 10 heteroatoms. The number of benzene rings is 3. The highest BCUT2D eigenvalue weighted by atomic mass is 19.4. The van der Waals surface area contributed by atoms with Crippen molar-refractivity contribution in [2.75, 3.05) is 0 Å². The van der Waals surface area contributed by atoms with Gasteiger partial charge in [-0.3, -0.25) is 14.3 Å². The molecule has 3 N–H and O–H groups in total. The van der Waals surface area contributed by atoms with E-state index in [1.54, 1.807) is 17.0 Å². The van der Waals surface area contributed by atoms with Crippen LogP contribution in [0, 0.1) is 0 Å². The summed E-state index contributed by atoms with van der Waals surface area (Å²) in [6.07, 6.45) is -4.28. The first kappa shape index (κ1) is 23.8. The second kappa shape index (κ2) is 9.29. The van der Waals surface area contributed by atoms with Crippen molar-refractivity contribution in [2.24, 2.45) is 5.73 Å². The van der Waals surface area contributed by atoms with Crippen molar-refractivity contribution < 1.29 is 27.8 Å². The Kier molecular flexibility index (Phi) is 6.15. The van der Waals surface area contributed by atoms with Crippen molar-refractivity contribution in [3.05, 3.63) is 84.2 Å². The lowest BCUT2D eigenvalue weighted by Crippen LogP contribution is -2.43. The molecule has 4 aromatic rings. The van der Waals surface area contributed by atoms with Crippen molar-refractivity contribution in [1.82, 2.24) is 14.5 Å². The lowest BCUT2D eigenvalue weighted by atomic mass is 10.2. The normalized spacial score (nSPS) is 18.6. The van der Waals surface area contributed by atoms with Gasteiger partial charge in [-0.15, -0.1) is 0 Å². The summed E-state index contributed by atoms with van der Waals surface area (Å²) in [4.78, 5) is 18.3. The van der Waals surface area contributed by atoms with Gasteiger partial charge in [0.05, 0.1) is 29.2 Å². The molecule has 3 aromatic carbocycles. The third-order valence-electron chi connectivity index (χ3n) is 6.28. The summed E-state index contributed by atoms with van der Waals surface area (Å²) in [6, 6.07) is 18.5. The number of para-hydroxylation sites is 2. The maximum absolute atomic E-state index is 12.8. The van der Waals surface area contributed by atoms with Crippen LogP contribution in [0.4, 0.5) is 13.2 Å². The summed E-state index contributed by atoms with van der Waals surface area (Å²) in [6.45, 7) is 0.216. The van der Waals surface area contributed by atoms with Crippen LogP contribution in [0.25, 0.3) is 16.7 Å². The van der Waals surface area contributed by atoms with Gasteiger partial charge in [-0.05, 0) is 73.5 Å². The van der Waals surface area contributed by atoms with Crippen LogP contribution in [0.15, 0.2) is 72.8 Å². The molecule has 36 heavy (non-hydrogen) atoms. The molecule has 1 aliphatic rings. The first-order chi connectivity index (χ1) is 17.2. The van der Waals surface area contributed by atoms with Gasteiger partial charge in [0.1, 0.15) is 23.6 Å². The molecule has 1 aliphatic heterocycles. The summed E-state index contributed by atoms with van der Waals surface area (Å²) >= 11 is 0. The second-order valence-corrected chi connectivity index (χ2v) is 8.62. The smallest absolute Gasteiger partial charge is 0.416 e. The van der Waals surface area contributed by atoms with Crippen LogP contribution in [0.2, 0.25) is 0 Å². The predicted molar refractivity (Wildman–Crippen MR) is 126 cm³/mol. The van der Waals surface area contributed by atoms with E-state index in [0.717, 1.165) is 28.9 Å². The monoisotopic (exact) mass is 496 g/mol. The van der Waals surface area contributed by atoms with E-state index in [9.17, 15) is 23.1 Å². The minimum absolute atomic E-state index is 0.216. The van der Waals surface area contributed by atoms with Crippen molar-refractivity contribution in [2.45, 2.75) is 37.8 Å². The maximum atomic E-state index is 12.8. The van der Waals surface area contributed by atoms with Crippen LogP contribution in [0.3, 0.4) is 0 Å². The van der Waals surface area contributed by atoms with E-state index < -0.39 is 29.9 Å². The van der Waals surface area contributed by atoms with Crippen LogP contribution < -0.4 is 10.5 Å². The molecule has 186 valence electrons. The number of hydrogen-bond donors (Lipinski definition) is 2. The number of carbonyl (C=O) groups excluding carboxylic acids is 1. The number of rotatable bonds is 6. The number of amides is 1. The predicted octanol–water partition coefficient (Wildman–Crippen LogP) is 4.60. The number of fused-ring (bicyclic) bond motifs is 1. The molecule has 0 radical (unpaired) electrons. The molecule has 0 saturated carbocycles. The van der Waals surface area contributed by atoms with E-state index in [-0.39, 0.29) is 12.3 Å².